The molecule has 14 heavy (non-hydrogen) atoms. The number of carbonyl (C=O) groups excluding carboxylic acids is 1. The monoisotopic (exact) mass is 195 g/mol. The van der Waals surface area contributed by atoms with E-state index < -0.39 is 0 Å². The fraction of sp³-hybridized carbons (Fsp3) is 0.917. The van der Waals surface area contributed by atoms with Crippen LogP contribution < -0.4 is 0 Å². The highest BCUT2D eigenvalue weighted by molar-refractivity contribution is 5.79. The molecule has 0 aromatic rings. The van der Waals surface area contributed by atoms with Gasteiger partial charge in [-0.05, 0) is 31.1 Å². The smallest absolute Gasteiger partial charge is 0.225 e. The van der Waals surface area contributed by atoms with Crippen molar-refractivity contribution < 1.29 is 4.79 Å². The van der Waals surface area contributed by atoms with Gasteiger partial charge in [0.25, 0.3) is 0 Å². The summed E-state index contributed by atoms with van der Waals surface area (Å²) in [6, 6.07) is 0. The zero-order chi connectivity index (χ0) is 10.1. The Morgan fingerprint density at radius 1 is 1.14 bits per heavy atom. The summed E-state index contributed by atoms with van der Waals surface area (Å²) in [6.45, 7) is 6.52. The summed E-state index contributed by atoms with van der Waals surface area (Å²) in [6.07, 6.45) is 4.82. The normalized spacial score (nSPS) is 34.0. The molecular weight excluding hydrogens is 174 g/mol. The molecule has 2 heteroatoms. The molecule has 0 spiro atoms. The highest BCUT2D eigenvalue weighted by Crippen LogP contribution is 2.30. The molecular formula is C12H21NO. The van der Waals surface area contributed by atoms with Crippen LogP contribution in [0.2, 0.25) is 0 Å². The first-order chi connectivity index (χ1) is 6.66. The quantitative estimate of drug-likeness (QED) is 0.628. The van der Waals surface area contributed by atoms with E-state index in [9.17, 15) is 4.79 Å². The Bertz CT molecular complexity index is 212. The number of carbonyl (C=O) groups is 1. The highest BCUT2D eigenvalue weighted by atomic mass is 16.2. The van der Waals surface area contributed by atoms with Crippen LogP contribution in [0.25, 0.3) is 0 Å². The Morgan fingerprint density at radius 3 is 2.14 bits per heavy atom. The Labute approximate surface area is 86.7 Å². The minimum absolute atomic E-state index is 0.382. The fourth-order valence-corrected chi connectivity index (χ4v) is 2.76. The molecule has 0 radical (unpaired) electrons. The topological polar surface area (TPSA) is 20.3 Å². The molecule has 0 unspecified atom stereocenters. The summed E-state index contributed by atoms with van der Waals surface area (Å²) < 4.78 is 0. The molecule has 0 aromatic heterocycles. The molecule has 0 aromatic carbocycles. The number of piperidine rings is 1. The molecule has 1 aliphatic carbocycles. The van der Waals surface area contributed by atoms with E-state index in [1.165, 1.54) is 12.8 Å². The van der Waals surface area contributed by atoms with Crippen molar-refractivity contribution >= 4 is 5.91 Å². The lowest BCUT2D eigenvalue weighted by Gasteiger charge is -2.38. The Kier molecular flexibility index (Phi) is 2.80. The first-order valence-electron chi connectivity index (χ1n) is 5.95. The molecule has 1 saturated heterocycles. The number of rotatable bonds is 1. The van der Waals surface area contributed by atoms with Crippen molar-refractivity contribution in [2.45, 2.75) is 39.5 Å². The standard InChI is InChI=1S/C12H21NO/c1-9-6-10(2)8-13(7-9)12(14)11-4-3-5-11/h9-11H,3-8H2,1-2H3/t9-,10+. The van der Waals surface area contributed by atoms with E-state index in [4.69, 9.17) is 0 Å². The van der Waals surface area contributed by atoms with Crippen LogP contribution in [0.15, 0.2) is 0 Å². The van der Waals surface area contributed by atoms with Crippen LogP contribution >= 0.6 is 0 Å². The SMILES string of the molecule is C[C@@H]1C[C@H](C)CN(C(=O)C2CCC2)C1. The van der Waals surface area contributed by atoms with Crippen molar-refractivity contribution in [3.63, 3.8) is 0 Å². The third-order valence-electron chi connectivity index (χ3n) is 3.63. The summed E-state index contributed by atoms with van der Waals surface area (Å²) in [5.74, 6) is 2.22. The van der Waals surface area contributed by atoms with Crippen LogP contribution in [-0.2, 0) is 4.79 Å². The number of nitrogens with zero attached hydrogens (tertiary/aromatic N) is 1. The average molecular weight is 195 g/mol. The number of hydrogen-bond acceptors (Lipinski definition) is 1. The summed E-state index contributed by atoms with van der Waals surface area (Å²) in [5.41, 5.74) is 0. The predicted octanol–water partition coefficient (Wildman–Crippen LogP) is 2.29. The second-order valence-corrected chi connectivity index (χ2v) is 5.32. The van der Waals surface area contributed by atoms with E-state index in [-0.39, 0.29) is 0 Å². The van der Waals surface area contributed by atoms with Gasteiger partial charge in [0.15, 0.2) is 0 Å². The van der Waals surface area contributed by atoms with Gasteiger partial charge in [0, 0.05) is 19.0 Å². The summed E-state index contributed by atoms with van der Waals surface area (Å²) in [7, 11) is 0. The van der Waals surface area contributed by atoms with Gasteiger partial charge >= 0.3 is 0 Å². The Balaban J connectivity index is 1.92. The van der Waals surface area contributed by atoms with Crippen LogP contribution in [0.5, 0.6) is 0 Å². The van der Waals surface area contributed by atoms with E-state index in [1.54, 1.807) is 0 Å². The minimum atomic E-state index is 0.382. The van der Waals surface area contributed by atoms with Crippen molar-refractivity contribution in [3.8, 4) is 0 Å². The fourth-order valence-electron chi connectivity index (χ4n) is 2.76. The number of amides is 1. The van der Waals surface area contributed by atoms with Gasteiger partial charge in [-0.15, -0.1) is 0 Å². The van der Waals surface area contributed by atoms with Crippen molar-refractivity contribution in [1.82, 2.24) is 4.90 Å². The van der Waals surface area contributed by atoms with Gasteiger partial charge in [-0.3, -0.25) is 4.79 Å². The van der Waals surface area contributed by atoms with E-state index in [0.717, 1.165) is 25.9 Å². The molecule has 1 amide bonds. The molecule has 80 valence electrons. The van der Waals surface area contributed by atoms with Crippen molar-refractivity contribution in [2.24, 2.45) is 17.8 Å². The van der Waals surface area contributed by atoms with Gasteiger partial charge in [0.1, 0.15) is 0 Å². The molecule has 2 aliphatic rings. The average Bonchev–Trinajstić information content (AvgIpc) is 1.98. The molecule has 1 heterocycles. The lowest BCUT2D eigenvalue weighted by molar-refractivity contribution is -0.140. The molecule has 2 fully saturated rings. The molecule has 2 rings (SSSR count). The van der Waals surface area contributed by atoms with Gasteiger partial charge < -0.3 is 4.90 Å². The minimum Gasteiger partial charge on any atom is -0.342 e. The van der Waals surface area contributed by atoms with E-state index in [1.807, 2.05) is 0 Å². The second kappa shape index (κ2) is 3.92. The molecule has 1 aliphatic heterocycles. The number of hydrogen-bond donors (Lipinski definition) is 0. The predicted molar refractivity (Wildman–Crippen MR) is 56.9 cm³/mol. The van der Waals surface area contributed by atoms with Crippen LogP contribution in [0.3, 0.4) is 0 Å². The summed E-state index contributed by atoms with van der Waals surface area (Å²) in [4.78, 5) is 14.1. The van der Waals surface area contributed by atoms with Gasteiger partial charge in [0.2, 0.25) is 5.91 Å². The molecule has 1 saturated carbocycles. The molecule has 0 N–H and O–H groups in total. The molecule has 2 atom stereocenters. The maximum Gasteiger partial charge on any atom is 0.225 e. The van der Waals surface area contributed by atoms with Crippen molar-refractivity contribution in [2.75, 3.05) is 13.1 Å². The van der Waals surface area contributed by atoms with Gasteiger partial charge in [-0.1, -0.05) is 20.3 Å². The molecule has 2 nitrogen and oxygen atoms in total. The van der Waals surface area contributed by atoms with Crippen LogP contribution in [0.1, 0.15) is 39.5 Å². The maximum atomic E-state index is 12.0. The summed E-state index contributed by atoms with van der Waals surface area (Å²) >= 11 is 0. The van der Waals surface area contributed by atoms with Crippen LogP contribution in [-0.4, -0.2) is 23.9 Å². The highest BCUT2D eigenvalue weighted by Gasteiger charge is 2.32. The van der Waals surface area contributed by atoms with E-state index >= 15 is 0 Å². The largest absolute Gasteiger partial charge is 0.342 e. The maximum absolute atomic E-state index is 12.0. The Morgan fingerprint density at radius 2 is 1.71 bits per heavy atom. The molecule has 0 bridgehead atoms. The lowest BCUT2D eigenvalue weighted by Crippen LogP contribution is -2.46. The van der Waals surface area contributed by atoms with Gasteiger partial charge in [-0.2, -0.15) is 0 Å². The van der Waals surface area contributed by atoms with Crippen LogP contribution in [0, 0.1) is 17.8 Å². The first-order valence-corrected chi connectivity index (χ1v) is 5.95. The number of likely N-dealkylation sites (tertiary alicyclic amines) is 1. The van der Waals surface area contributed by atoms with Crippen molar-refractivity contribution in [1.29, 1.82) is 0 Å². The van der Waals surface area contributed by atoms with Crippen LogP contribution in [0.4, 0.5) is 0 Å². The van der Waals surface area contributed by atoms with Gasteiger partial charge in [0.05, 0.1) is 0 Å². The van der Waals surface area contributed by atoms with Crippen molar-refractivity contribution in [3.05, 3.63) is 0 Å². The summed E-state index contributed by atoms with van der Waals surface area (Å²) in [5, 5.41) is 0. The zero-order valence-electron chi connectivity index (χ0n) is 9.33. The van der Waals surface area contributed by atoms with Gasteiger partial charge in [-0.25, -0.2) is 0 Å². The first kappa shape index (κ1) is 10.0. The zero-order valence-corrected chi connectivity index (χ0v) is 9.33. The third kappa shape index (κ3) is 1.94. The third-order valence-corrected chi connectivity index (χ3v) is 3.63. The van der Waals surface area contributed by atoms with E-state index in [0.29, 0.717) is 23.7 Å². The second-order valence-electron chi connectivity index (χ2n) is 5.32. The lowest BCUT2D eigenvalue weighted by atomic mass is 9.83. The van der Waals surface area contributed by atoms with E-state index in [2.05, 4.69) is 18.7 Å². The Hall–Kier alpha value is -0.530.